The van der Waals surface area contributed by atoms with Gasteiger partial charge in [-0.1, -0.05) is 19.9 Å². The molecule has 4 aromatic rings. The number of anilines is 1. The lowest BCUT2D eigenvalue weighted by molar-refractivity contribution is 0.102. The third-order valence-electron chi connectivity index (χ3n) is 4.48. The van der Waals surface area contributed by atoms with Crippen LogP contribution in [0.2, 0.25) is 0 Å². The van der Waals surface area contributed by atoms with E-state index in [0.717, 1.165) is 13.6 Å². The van der Waals surface area contributed by atoms with E-state index < -0.39 is 0 Å². The summed E-state index contributed by atoms with van der Waals surface area (Å²) in [7, 11) is 0. The minimum absolute atomic E-state index is 0.210. The summed E-state index contributed by atoms with van der Waals surface area (Å²) < 4.78 is 13.6. The number of nitrogens with zero attached hydrogens (tertiary/aromatic N) is 1. The minimum Gasteiger partial charge on any atom is -0.493 e. The first-order valence-corrected chi connectivity index (χ1v) is 11.7. The second-order valence-corrected chi connectivity index (χ2v) is 9.61. The van der Waals surface area contributed by atoms with E-state index in [2.05, 4.69) is 62.7 Å². The monoisotopic (exact) mass is 590 g/mol. The lowest BCUT2D eigenvalue weighted by atomic mass is 10.2. The van der Waals surface area contributed by atoms with Crippen molar-refractivity contribution in [3.63, 3.8) is 0 Å². The first-order chi connectivity index (χ1) is 14.9. The van der Waals surface area contributed by atoms with Crippen LogP contribution in [0.25, 0.3) is 22.6 Å². The summed E-state index contributed by atoms with van der Waals surface area (Å²) in [5, 5.41) is 2.93. The van der Waals surface area contributed by atoms with Crippen LogP contribution >= 0.6 is 38.5 Å². The molecule has 0 bridgehead atoms. The SMILES string of the molecule is CC(C)COc1cccc(C(=O)Nc2ccc3oc(-c4cc(I)ccc4Br)nc3c2)c1. The van der Waals surface area contributed by atoms with Gasteiger partial charge in [-0.05, 0) is 99.0 Å². The van der Waals surface area contributed by atoms with E-state index in [-0.39, 0.29) is 5.91 Å². The smallest absolute Gasteiger partial charge is 0.255 e. The van der Waals surface area contributed by atoms with Gasteiger partial charge in [0, 0.05) is 19.3 Å². The second kappa shape index (κ2) is 9.40. The Morgan fingerprint density at radius 3 is 2.81 bits per heavy atom. The number of amides is 1. The molecular weight excluding hydrogens is 571 g/mol. The summed E-state index contributed by atoms with van der Waals surface area (Å²) in [6.07, 6.45) is 0. The summed E-state index contributed by atoms with van der Waals surface area (Å²) >= 11 is 5.81. The number of fused-ring (bicyclic) bond motifs is 1. The molecule has 0 spiro atoms. The van der Waals surface area contributed by atoms with Crippen molar-refractivity contribution in [2.75, 3.05) is 11.9 Å². The largest absolute Gasteiger partial charge is 0.493 e. The van der Waals surface area contributed by atoms with Crippen LogP contribution in [-0.4, -0.2) is 17.5 Å². The Hall–Kier alpha value is -2.39. The van der Waals surface area contributed by atoms with Gasteiger partial charge in [-0.25, -0.2) is 4.98 Å². The van der Waals surface area contributed by atoms with Crippen LogP contribution in [0.4, 0.5) is 5.69 Å². The third-order valence-corrected chi connectivity index (χ3v) is 5.85. The standard InChI is InChI=1S/C24H20BrIN2O3/c1-14(2)13-30-18-5-3-4-15(10-18)23(29)27-17-7-9-22-21(12-17)28-24(31-22)19-11-16(26)6-8-20(19)25/h3-12,14H,13H2,1-2H3,(H,27,29). The molecule has 0 aliphatic rings. The first-order valence-electron chi connectivity index (χ1n) is 9.79. The number of halogens is 2. The molecule has 1 aromatic heterocycles. The molecule has 158 valence electrons. The Kier molecular flexibility index (Phi) is 6.62. The number of hydrogen-bond donors (Lipinski definition) is 1. The number of ether oxygens (including phenoxy) is 1. The predicted octanol–water partition coefficient (Wildman–Crippen LogP) is 7.15. The van der Waals surface area contributed by atoms with Crippen molar-refractivity contribution >= 4 is 61.2 Å². The Labute approximate surface area is 202 Å². The van der Waals surface area contributed by atoms with Crippen molar-refractivity contribution in [2.45, 2.75) is 13.8 Å². The number of carbonyl (C=O) groups excluding carboxylic acids is 1. The van der Waals surface area contributed by atoms with Crippen LogP contribution in [0.15, 0.2) is 69.6 Å². The summed E-state index contributed by atoms with van der Waals surface area (Å²) in [6, 6.07) is 18.6. The lowest BCUT2D eigenvalue weighted by Gasteiger charge is -2.10. The zero-order valence-corrected chi connectivity index (χ0v) is 20.7. The Morgan fingerprint density at radius 1 is 1.16 bits per heavy atom. The molecule has 0 unspecified atom stereocenters. The zero-order chi connectivity index (χ0) is 22.0. The van der Waals surface area contributed by atoms with E-state index in [1.54, 1.807) is 24.3 Å². The van der Waals surface area contributed by atoms with Crippen molar-refractivity contribution in [1.29, 1.82) is 0 Å². The fourth-order valence-corrected chi connectivity index (χ4v) is 3.88. The van der Waals surface area contributed by atoms with Gasteiger partial charge in [0.2, 0.25) is 5.89 Å². The Bertz CT molecular complexity index is 1250. The van der Waals surface area contributed by atoms with Gasteiger partial charge in [0.05, 0.1) is 12.2 Å². The highest BCUT2D eigenvalue weighted by molar-refractivity contribution is 14.1. The first kappa shape index (κ1) is 21.8. The molecule has 31 heavy (non-hydrogen) atoms. The fourth-order valence-electron chi connectivity index (χ4n) is 2.98. The average molecular weight is 591 g/mol. The summed E-state index contributed by atoms with van der Waals surface area (Å²) in [6.45, 7) is 4.77. The van der Waals surface area contributed by atoms with Crippen LogP contribution in [0.3, 0.4) is 0 Å². The van der Waals surface area contributed by atoms with Crippen molar-refractivity contribution in [3.05, 3.63) is 74.3 Å². The number of oxazole rings is 1. The van der Waals surface area contributed by atoms with Gasteiger partial charge in [-0.2, -0.15) is 0 Å². The number of rotatable bonds is 6. The molecule has 0 aliphatic heterocycles. The van der Waals surface area contributed by atoms with Crippen molar-refractivity contribution in [2.24, 2.45) is 5.92 Å². The molecule has 0 fully saturated rings. The van der Waals surface area contributed by atoms with Gasteiger partial charge >= 0.3 is 0 Å². The van der Waals surface area contributed by atoms with Gasteiger partial charge in [-0.3, -0.25) is 4.79 Å². The number of carbonyl (C=O) groups is 1. The van der Waals surface area contributed by atoms with Gasteiger partial charge in [-0.15, -0.1) is 0 Å². The van der Waals surface area contributed by atoms with E-state index in [1.165, 1.54) is 0 Å². The van der Waals surface area contributed by atoms with Gasteiger partial charge < -0.3 is 14.5 Å². The molecule has 0 radical (unpaired) electrons. The van der Waals surface area contributed by atoms with Crippen molar-refractivity contribution in [3.8, 4) is 17.2 Å². The molecule has 1 heterocycles. The molecule has 4 rings (SSSR count). The van der Waals surface area contributed by atoms with E-state index in [0.29, 0.717) is 46.5 Å². The average Bonchev–Trinajstić information content (AvgIpc) is 3.17. The summed E-state index contributed by atoms with van der Waals surface area (Å²) in [5.41, 5.74) is 3.39. The van der Waals surface area contributed by atoms with Crippen LogP contribution in [-0.2, 0) is 0 Å². The minimum atomic E-state index is -0.210. The summed E-state index contributed by atoms with van der Waals surface area (Å²) in [5.74, 6) is 1.41. The predicted molar refractivity (Wildman–Crippen MR) is 135 cm³/mol. The molecule has 7 heteroatoms. The van der Waals surface area contributed by atoms with Crippen LogP contribution in [0, 0.1) is 9.49 Å². The normalized spacial score (nSPS) is 11.1. The number of benzene rings is 3. The lowest BCUT2D eigenvalue weighted by Crippen LogP contribution is -2.12. The maximum absolute atomic E-state index is 12.7. The molecular formula is C24H20BrIN2O3. The van der Waals surface area contributed by atoms with Gasteiger partial charge in [0.25, 0.3) is 5.91 Å². The number of aromatic nitrogens is 1. The Balaban J connectivity index is 1.55. The molecule has 5 nitrogen and oxygen atoms in total. The van der Waals surface area contributed by atoms with Gasteiger partial charge in [0.15, 0.2) is 5.58 Å². The molecule has 0 saturated carbocycles. The zero-order valence-electron chi connectivity index (χ0n) is 17.0. The highest BCUT2D eigenvalue weighted by atomic mass is 127. The third kappa shape index (κ3) is 5.27. The van der Waals surface area contributed by atoms with Crippen LogP contribution < -0.4 is 10.1 Å². The van der Waals surface area contributed by atoms with E-state index in [9.17, 15) is 4.79 Å². The fraction of sp³-hybridized carbons (Fsp3) is 0.167. The summed E-state index contributed by atoms with van der Waals surface area (Å²) in [4.78, 5) is 17.3. The number of hydrogen-bond acceptors (Lipinski definition) is 4. The molecule has 1 amide bonds. The second-order valence-electron chi connectivity index (χ2n) is 7.51. The van der Waals surface area contributed by atoms with E-state index in [4.69, 9.17) is 9.15 Å². The molecule has 3 aromatic carbocycles. The van der Waals surface area contributed by atoms with Gasteiger partial charge in [0.1, 0.15) is 11.3 Å². The van der Waals surface area contributed by atoms with E-state index >= 15 is 0 Å². The highest BCUT2D eigenvalue weighted by Gasteiger charge is 2.14. The molecule has 0 saturated heterocycles. The van der Waals surface area contributed by atoms with Crippen LogP contribution in [0.1, 0.15) is 24.2 Å². The quantitative estimate of drug-likeness (QED) is 0.242. The van der Waals surface area contributed by atoms with E-state index in [1.807, 2.05) is 36.4 Å². The maximum atomic E-state index is 12.7. The van der Waals surface area contributed by atoms with Crippen molar-refractivity contribution < 1.29 is 13.9 Å². The van der Waals surface area contributed by atoms with Crippen molar-refractivity contribution in [1.82, 2.24) is 4.98 Å². The highest BCUT2D eigenvalue weighted by Crippen LogP contribution is 2.32. The number of nitrogens with one attached hydrogen (secondary N) is 1. The molecule has 0 atom stereocenters. The van der Waals surface area contributed by atoms with Crippen LogP contribution in [0.5, 0.6) is 5.75 Å². The topological polar surface area (TPSA) is 64.4 Å². The molecule has 1 N–H and O–H groups in total. The maximum Gasteiger partial charge on any atom is 0.255 e. The Morgan fingerprint density at radius 2 is 2.00 bits per heavy atom. The molecule has 0 aliphatic carbocycles.